The fraction of sp³-hybridized carbons (Fsp3) is 0.692. The smallest absolute Gasteiger partial charge is 0.134 e. The highest BCUT2D eigenvalue weighted by Crippen LogP contribution is 2.21. The van der Waals surface area contributed by atoms with E-state index >= 15 is 0 Å². The monoisotopic (exact) mass is 249 g/mol. The molecule has 1 saturated heterocycles. The van der Waals surface area contributed by atoms with Crippen molar-refractivity contribution >= 4 is 11.6 Å². The highest BCUT2D eigenvalue weighted by atomic mass is 15.2. The average Bonchev–Trinajstić information content (AvgIpc) is 2.39. The SMILES string of the molecule is CCNc1cc(N2CCC(N(C)C)CC2)ncn1. The number of anilines is 2. The van der Waals surface area contributed by atoms with Crippen molar-refractivity contribution < 1.29 is 0 Å². The Morgan fingerprint density at radius 2 is 2.06 bits per heavy atom. The highest BCUT2D eigenvalue weighted by Gasteiger charge is 2.21. The molecule has 0 unspecified atom stereocenters. The van der Waals surface area contributed by atoms with Crippen LogP contribution in [0.15, 0.2) is 12.4 Å². The summed E-state index contributed by atoms with van der Waals surface area (Å²) < 4.78 is 0. The van der Waals surface area contributed by atoms with Gasteiger partial charge in [0.25, 0.3) is 0 Å². The summed E-state index contributed by atoms with van der Waals surface area (Å²) in [5.41, 5.74) is 0. The van der Waals surface area contributed by atoms with E-state index in [0.29, 0.717) is 6.04 Å². The van der Waals surface area contributed by atoms with E-state index < -0.39 is 0 Å². The van der Waals surface area contributed by atoms with Gasteiger partial charge >= 0.3 is 0 Å². The molecular formula is C13H23N5. The van der Waals surface area contributed by atoms with Crippen LogP contribution in [0.25, 0.3) is 0 Å². The number of rotatable bonds is 4. The largest absolute Gasteiger partial charge is 0.370 e. The minimum absolute atomic E-state index is 0.705. The number of piperidine rings is 1. The fourth-order valence-electron chi connectivity index (χ4n) is 2.41. The predicted octanol–water partition coefficient (Wildman–Crippen LogP) is 1.44. The van der Waals surface area contributed by atoms with Gasteiger partial charge in [-0.2, -0.15) is 0 Å². The molecule has 5 heteroatoms. The molecular weight excluding hydrogens is 226 g/mol. The van der Waals surface area contributed by atoms with Crippen LogP contribution in [0, 0.1) is 0 Å². The van der Waals surface area contributed by atoms with Crippen molar-refractivity contribution in [1.82, 2.24) is 14.9 Å². The van der Waals surface area contributed by atoms with Crippen molar-refractivity contribution in [2.24, 2.45) is 0 Å². The van der Waals surface area contributed by atoms with Gasteiger partial charge in [-0.3, -0.25) is 0 Å². The Balaban J connectivity index is 1.98. The summed E-state index contributed by atoms with van der Waals surface area (Å²) in [5.74, 6) is 1.95. The average molecular weight is 249 g/mol. The Labute approximate surface area is 109 Å². The zero-order valence-electron chi connectivity index (χ0n) is 11.6. The molecule has 0 atom stereocenters. The lowest BCUT2D eigenvalue weighted by Gasteiger charge is -2.35. The first-order chi connectivity index (χ1) is 8.70. The molecule has 1 fully saturated rings. The van der Waals surface area contributed by atoms with E-state index in [9.17, 15) is 0 Å². The molecule has 100 valence electrons. The van der Waals surface area contributed by atoms with E-state index in [1.165, 1.54) is 12.8 Å². The number of aromatic nitrogens is 2. The summed E-state index contributed by atoms with van der Waals surface area (Å²) in [4.78, 5) is 13.3. The first-order valence-electron chi connectivity index (χ1n) is 6.68. The summed E-state index contributed by atoms with van der Waals surface area (Å²) >= 11 is 0. The third-order valence-electron chi connectivity index (χ3n) is 3.53. The van der Waals surface area contributed by atoms with Crippen LogP contribution in [0.2, 0.25) is 0 Å². The first-order valence-corrected chi connectivity index (χ1v) is 6.68. The van der Waals surface area contributed by atoms with Crippen molar-refractivity contribution in [3.8, 4) is 0 Å². The highest BCUT2D eigenvalue weighted by molar-refractivity contribution is 5.48. The molecule has 0 saturated carbocycles. The normalized spacial score (nSPS) is 17.2. The number of nitrogens with one attached hydrogen (secondary N) is 1. The van der Waals surface area contributed by atoms with Gasteiger partial charge in [-0.1, -0.05) is 0 Å². The molecule has 0 aliphatic carbocycles. The molecule has 0 aromatic carbocycles. The van der Waals surface area contributed by atoms with Gasteiger partial charge in [0.15, 0.2) is 0 Å². The Bertz CT molecular complexity index is 371. The Morgan fingerprint density at radius 3 is 2.67 bits per heavy atom. The number of hydrogen-bond donors (Lipinski definition) is 1. The topological polar surface area (TPSA) is 44.3 Å². The van der Waals surface area contributed by atoms with Crippen molar-refractivity contribution in [3.05, 3.63) is 12.4 Å². The van der Waals surface area contributed by atoms with Crippen molar-refractivity contribution in [2.45, 2.75) is 25.8 Å². The van der Waals surface area contributed by atoms with E-state index in [-0.39, 0.29) is 0 Å². The summed E-state index contributed by atoms with van der Waals surface area (Å²) in [6.07, 6.45) is 4.05. The first kappa shape index (κ1) is 13.1. The molecule has 1 aromatic heterocycles. The summed E-state index contributed by atoms with van der Waals surface area (Å²) in [6, 6.07) is 2.75. The van der Waals surface area contributed by atoms with Gasteiger partial charge < -0.3 is 15.1 Å². The van der Waals surface area contributed by atoms with E-state index in [0.717, 1.165) is 31.3 Å². The van der Waals surface area contributed by atoms with Crippen LogP contribution in [0.4, 0.5) is 11.6 Å². The van der Waals surface area contributed by atoms with Gasteiger partial charge in [-0.15, -0.1) is 0 Å². The Kier molecular flexibility index (Phi) is 4.36. The standard InChI is InChI=1S/C13H23N5/c1-4-14-12-9-13(16-10-15-12)18-7-5-11(6-8-18)17(2)3/h9-11H,4-8H2,1-3H3,(H,14,15,16). The van der Waals surface area contributed by atoms with Gasteiger partial charge in [-0.05, 0) is 33.9 Å². The lowest BCUT2D eigenvalue weighted by atomic mass is 10.0. The van der Waals surface area contributed by atoms with Crippen LogP contribution < -0.4 is 10.2 Å². The van der Waals surface area contributed by atoms with Crippen LogP contribution in [0.3, 0.4) is 0 Å². The van der Waals surface area contributed by atoms with Crippen molar-refractivity contribution in [1.29, 1.82) is 0 Å². The van der Waals surface area contributed by atoms with Gasteiger partial charge in [-0.25, -0.2) is 9.97 Å². The quantitative estimate of drug-likeness (QED) is 0.874. The van der Waals surface area contributed by atoms with Crippen molar-refractivity contribution in [3.63, 3.8) is 0 Å². The third-order valence-corrected chi connectivity index (χ3v) is 3.53. The summed E-state index contributed by atoms with van der Waals surface area (Å²) in [6.45, 7) is 5.11. The maximum absolute atomic E-state index is 4.38. The fourth-order valence-corrected chi connectivity index (χ4v) is 2.41. The predicted molar refractivity (Wildman–Crippen MR) is 75.1 cm³/mol. The number of hydrogen-bond acceptors (Lipinski definition) is 5. The molecule has 0 spiro atoms. The molecule has 2 heterocycles. The van der Waals surface area contributed by atoms with E-state index in [2.05, 4.69) is 46.1 Å². The molecule has 5 nitrogen and oxygen atoms in total. The lowest BCUT2D eigenvalue weighted by molar-refractivity contribution is 0.249. The van der Waals surface area contributed by atoms with Crippen LogP contribution in [0.5, 0.6) is 0 Å². The second-order valence-corrected chi connectivity index (χ2v) is 4.97. The van der Waals surface area contributed by atoms with Crippen molar-refractivity contribution in [2.75, 3.05) is 43.9 Å². The molecule has 1 aromatic rings. The van der Waals surface area contributed by atoms with Gasteiger partial charge in [0.05, 0.1) is 0 Å². The minimum atomic E-state index is 0.705. The maximum Gasteiger partial charge on any atom is 0.134 e. The zero-order valence-corrected chi connectivity index (χ0v) is 11.6. The van der Waals surface area contributed by atoms with E-state index in [1.807, 2.05) is 6.07 Å². The second-order valence-electron chi connectivity index (χ2n) is 4.97. The van der Waals surface area contributed by atoms with Crippen LogP contribution in [-0.2, 0) is 0 Å². The minimum Gasteiger partial charge on any atom is -0.370 e. The van der Waals surface area contributed by atoms with Crippen LogP contribution in [0.1, 0.15) is 19.8 Å². The molecule has 0 radical (unpaired) electrons. The molecule has 0 bridgehead atoms. The molecule has 1 aliphatic heterocycles. The van der Waals surface area contributed by atoms with Gasteiger partial charge in [0.1, 0.15) is 18.0 Å². The molecule has 0 amide bonds. The Morgan fingerprint density at radius 1 is 1.33 bits per heavy atom. The van der Waals surface area contributed by atoms with Gasteiger partial charge in [0.2, 0.25) is 0 Å². The number of nitrogens with zero attached hydrogens (tertiary/aromatic N) is 4. The zero-order chi connectivity index (χ0) is 13.0. The molecule has 2 rings (SSSR count). The molecule has 1 N–H and O–H groups in total. The van der Waals surface area contributed by atoms with E-state index in [4.69, 9.17) is 0 Å². The third kappa shape index (κ3) is 3.10. The summed E-state index contributed by atoms with van der Waals surface area (Å²) in [7, 11) is 4.32. The van der Waals surface area contributed by atoms with Crippen LogP contribution in [-0.4, -0.2) is 54.6 Å². The maximum atomic E-state index is 4.38. The Hall–Kier alpha value is -1.36. The van der Waals surface area contributed by atoms with E-state index in [1.54, 1.807) is 6.33 Å². The van der Waals surface area contributed by atoms with Gasteiger partial charge in [0, 0.05) is 31.7 Å². The lowest BCUT2D eigenvalue weighted by Crippen LogP contribution is -2.42. The second kappa shape index (κ2) is 6.00. The molecule has 18 heavy (non-hydrogen) atoms. The molecule has 1 aliphatic rings. The van der Waals surface area contributed by atoms with Crippen LogP contribution >= 0.6 is 0 Å². The summed E-state index contributed by atoms with van der Waals surface area (Å²) in [5, 5.41) is 3.23.